The van der Waals surface area contributed by atoms with Crippen LogP contribution in [-0.4, -0.2) is 32.1 Å². The second kappa shape index (κ2) is 10.2. The zero-order chi connectivity index (χ0) is 23.2. The normalized spacial score (nSPS) is 11.6. The standard InChI is InChI=1S/C26H22N4O2S/c1-17(25(32)21-13-15-22(16-14-21)27-18(2)31)33-26-28-23(19-9-5-3-6-10-19)24(29-30-26)20-11-7-4-8-12-20/h3-17H,1-2H3,(H,27,31). The molecule has 1 heterocycles. The van der Waals surface area contributed by atoms with Crippen LogP contribution < -0.4 is 5.32 Å². The fourth-order valence-corrected chi connectivity index (χ4v) is 4.11. The van der Waals surface area contributed by atoms with Crippen molar-refractivity contribution in [1.82, 2.24) is 15.2 Å². The minimum absolute atomic E-state index is 0.0497. The Morgan fingerprint density at radius 1 is 0.788 bits per heavy atom. The lowest BCUT2D eigenvalue weighted by Crippen LogP contribution is -2.15. The summed E-state index contributed by atoms with van der Waals surface area (Å²) in [6.07, 6.45) is 0. The maximum atomic E-state index is 12.9. The Morgan fingerprint density at radius 3 is 1.94 bits per heavy atom. The minimum atomic E-state index is -0.412. The van der Waals surface area contributed by atoms with E-state index in [0.29, 0.717) is 22.1 Å². The number of ketones is 1. The SMILES string of the molecule is CC(=O)Nc1ccc(C(=O)C(C)Sc2nnc(-c3ccccc3)c(-c3ccccc3)n2)cc1. The molecule has 0 aliphatic heterocycles. The number of anilines is 1. The largest absolute Gasteiger partial charge is 0.326 e. The summed E-state index contributed by atoms with van der Waals surface area (Å²) in [6, 6.07) is 26.5. The fourth-order valence-electron chi connectivity index (χ4n) is 3.32. The molecule has 0 spiro atoms. The number of nitrogens with one attached hydrogen (secondary N) is 1. The molecule has 4 rings (SSSR count). The summed E-state index contributed by atoms with van der Waals surface area (Å²) in [7, 11) is 0. The lowest BCUT2D eigenvalue weighted by atomic mass is 10.0. The van der Waals surface area contributed by atoms with E-state index in [2.05, 4.69) is 15.5 Å². The second-order valence-corrected chi connectivity index (χ2v) is 8.71. The zero-order valence-electron chi connectivity index (χ0n) is 18.2. The van der Waals surface area contributed by atoms with Crippen LogP contribution >= 0.6 is 11.8 Å². The number of amides is 1. The number of nitrogens with zero attached hydrogens (tertiary/aromatic N) is 3. The topological polar surface area (TPSA) is 84.8 Å². The van der Waals surface area contributed by atoms with Gasteiger partial charge in [-0.15, -0.1) is 10.2 Å². The number of aromatic nitrogens is 3. The van der Waals surface area contributed by atoms with Crippen molar-refractivity contribution in [1.29, 1.82) is 0 Å². The van der Waals surface area contributed by atoms with E-state index in [0.717, 1.165) is 16.8 Å². The quantitative estimate of drug-likeness (QED) is 0.292. The van der Waals surface area contributed by atoms with Gasteiger partial charge in [-0.25, -0.2) is 4.98 Å². The van der Waals surface area contributed by atoms with Crippen LogP contribution in [0, 0.1) is 0 Å². The van der Waals surface area contributed by atoms with Gasteiger partial charge in [-0.2, -0.15) is 0 Å². The number of benzene rings is 3. The molecule has 1 atom stereocenters. The lowest BCUT2D eigenvalue weighted by molar-refractivity contribution is -0.114. The first kappa shape index (κ1) is 22.4. The average Bonchev–Trinajstić information content (AvgIpc) is 2.85. The summed E-state index contributed by atoms with van der Waals surface area (Å²) in [4.78, 5) is 28.9. The highest BCUT2D eigenvalue weighted by atomic mass is 32.2. The Balaban J connectivity index is 1.59. The summed E-state index contributed by atoms with van der Waals surface area (Å²) < 4.78 is 0. The number of hydrogen-bond acceptors (Lipinski definition) is 6. The van der Waals surface area contributed by atoms with Gasteiger partial charge < -0.3 is 5.32 Å². The van der Waals surface area contributed by atoms with Gasteiger partial charge >= 0.3 is 0 Å². The van der Waals surface area contributed by atoms with Crippen LogP contribution in [0.3, 0.4) is 0 Å². The monoisotopic (exact) mass is 454 g/mol. The van der Waals surface area contributed by atoms with Crippen molar-refractivity contribution in [3.05, 3.63) is 90.5 Å². The predicted molar refractivity (Wildman–Crippen MR) is 131 cm³/mol. The Hall–Kier alpha value is -3.84. The zero-order valence-corrected chi connectivity index (χ0v) is 19.0. The van der Waals surface area contributed by atoms with Crippen molar-refractivity contribution in [2.24, 2.45) is 0 Å². The van der Waals surface area contributed by atoms with E-state index < -0.39 is 5.25 Å². The molecule has 0 saturated carbocycles. The molecule has 1 N–H and O–H groups in total. The van der Waals surface area contributed by atoms with Gasteiger partial charge in [-0.1, -0.05) is 72.4 Å². The number of Topliss-reactive ketones (excluding diaryl/α,β-unsaturated/α-hetero) is 1. The molecule has 0 saturated heterocycles. The number of rotatable bonds is 7. The van der Waals surface area contributed by atoms with Crippen molar-refractivity contribution >= 4 is 29.1 Å². The van der Waals surface area contributed by atoms with Crippen LogP contribution in [0.2, 0.25) is 0 Å². The smallest absolute Gasteiger partial charge is 0.221 e. The van der Waals surface area contributed by atoms with Crippen molar-refractivity contribution in [2.75, 3.05) is 5.32 Å². The van der Waals surface area contributed by atoms with Crippen LogP contribution in [0.1, 0.15) is 24.2 Å². The number of thioether (sulfide) groups is 1. The van der Waals surface area contributed by atoms with Gasteiger partial charge in [-0.3, -0.25) is 9.59 Å². The van der Waals surface area contributed by atoms with Crippen LogP contribution in [0.5, 0.6) is 0 Å². The first-order valence-corrected chi connectivity index (χ1v) is 11.3. The minimum Gasteiger partial charge on any atom is -0.326 e. The van der Waals surface area contributed by atoms with Crippen LogP contribution in [0.25, 0.3) is 22.5 Å². The van der Waals surface area contributed by atoms with Gasteiger partial charge in [0.15, 0.2) is 5.78 Å². The third-order valence-corrected chi connectivity index (χ3v) is 5.85. The molecular weight excluding hydrogens is 432 g/mol. The van der Waals surface area contributed by atoms with Crippen LogP contribution in [0.4, 0.5) is 5.69 Å². The summed E-state index contributed by atoms with van der Waals surface area (Å²) in [5, 5.41) is 11.5. The van der Waals surface area contributed by atoms with Gasteiger partial charge in [0.05, 0.1) is 5.25 Å². The first-order valence-electron chi connectivity index (χ1n) is 10.5. The van der Waals surface area contributed by atoms with E-state index >= 15 is 0 Å². The van der Waals surface area contributed by atoms with Crippen LogP contribution in [0.15, 0.2) is 90.1 Å². The van der Waals surface area contributed by atoms with E-state index in [1.54, 1.807) is 24.3 Å². The van der Waals surface area contributed by atoms with Crippen LogP contribution in [-0.2, 0) is 4.79 Å². The van der Waals surface area contributed by atoms with Crippen molar-refractivity contribution in [3.8, 4) is 22.5 Å². The Labute approximate surface area is 196 Å². The molecule has 0 bridgehead atoms. The third-order valence-electron chi connectivity index (χ3n) is 4.90. The highest BCUT2D eigenvalue weighted by Gasteiger charge is 2.20. The van der Waals surface area contributed by atoms with Gasteiger partial charge in [0.2, 0.25) is 11.1 Å². The van der Waals surface area contributed by atoms with Gasteiger partial charge in [0, 0.05) is 29.3 Å². The summed E-state index contributed by atoms with van der Waals surface area (Å²) in [5.41, 5.74) is 4.48. The Bertz CT molecular complexity index is 1260. The second-order valence-electron chi connectivity index (χ2n) is 7.41. The highest BCUT2D eigenvalue weighted by Crippen LogP contribution is 2.31. The molecule has 0 aliphatic rings. The van der Waals surface area contributed by atoms with Crippen molar-refractivity contribution in [3.63, 3.8) is 0 Å². The molecular formula is C26H22N4O2S. The molecule has 3 aromatic carbocycles. The number of hydrogen-bond donors (Lipinski definition) is 1. The molecule has 0 aliphatic carbocycles. The molecule has 0 fully saturated rings. The molecule has 1 amide bonds. The third kappa shape index (κ3) is 5.51. The van der Waals surface area contributed by atoms with E-state index in [1.807, 2.05) is 67.6 Å². The van der Waals surface area contributed by atoms with E-state index in [1.165, 1.54) is 18.7 Å². The van der Waals surface area contributed by atoms with Gasteiger partial charge in [0.25, 0.3) is 0 Å². The Kier molecular flexibility index (Phi) is 6.90. The van der Waals surface area contributed by atoms with E-state index in [9.17, 15) is 9.59 Å². The molecule has 1 aromatic heterocycles. The lowest BCUT2D eigenvalue weighted by Gasteiger charge is -2.12. The summed E-state index contributed by atoms with van der Waals surface area (Å²) in [5.74, 6) is -0.206. The van der Waals surface area contributed by atoms with E-state index in [-0.39, 0.29) is 11.7 Å². The first-order chi connectivity index (χ1) is 16.0. The summed E-state index contributed by atoms with van der Waals surface area (Å²) >= 11 is 1.27. The fraction of sp³-hybridized carbons (Fsp3) is 0.115. The Morgan fingerprint density at radius 2 is 1.36 bits per heavy atom. The highest BCUT2D eigenvalue weighted by molar-refractivity contribution is 8.00. The predicted octanol–water partition coefficient (Wildman–Crippen LogP) is 5.53. The number of carbonyl (C=O) groups is 2. The molecule has 7 heteroatoms. The molecule has 164 valence electrons. The summed E-state index contributed by atoms with van der Waals surface area (Å²) in [6.45, 7) is 3.27. The maximum Gasteiger partial charge on any atom is 0.221 e. The molecule has 6 nitrogen and oxygen atoms in total. The van der Waals surface area contributed by atoms with Gasteiger partial charge in [0.1, 0.15) is 11.4 Å². The van der Waals surface area contributed by atoms with E-state index in [4.69, 9.17) is 4.98 Å². The van der Waals surface area contributed by atoms with Crippen molar-refractivity contribution < 1.29 is 9.59 Å². The van der Waals surface area contributed by atoms with Gasteiger partial charge in [-0.05, 0) is 31.2 Å². The molecule has 0 radical (unpaired) electrons. The molecule has 33 heavy (non-hydrogen) atoms. The number of carbonyl (C=O) groups excluding carboxylic acids is 2. The molecule has 4 aromatic rings. The average molecular weight is 455 g/mol. The van der Waals surface area contributed by atoms with Crippen molar-refractivity contribution in [2.45, 2.75) is 24.3 Å². The molecule has 1 unspecified atom stereocenters. The maximum absolute atomic E-state index is 12.9.